The van der Waals surface area contributed by atoms with E-state index in [-0.39, 0.29) is 11.4 Å². The lowest BCUT2D eigenvalue weighted by Crippen LogP contribution is -2.31. The van der Waals surface area contributed by atoms with Gasteiger partial charge in [0, 0.05) is 17.4 Å². The first-order chi connectivity index (χ1) is 13.4. The summed E-state index contributed by atoms with van der Waals surface area (Å²) in [6.07, 6.45) is 3.09. The molecule has 0 aliphatic rings. The number of nitrogens with zero attached hydrogens (tertiary/aromatic N) is 2. The Labute approximate surface area is 166 Å². The van der Waals surface area contributed by atoms with E-state index < -0.39 is 22.4 Å². The summed E-state index contributed by atoms with van der Waals surface area (Å²) >= 11 is 5.91. The third kappa shape index (κ3) is 4.58. The van der Waals surface area contributed by atoms with Gasteiger partial charge in [-0.1, -0.05) is 29.8 Å². The molecule has 0 atom stereocenters. The Hall–Kier alpha value is -2.71. The van der Waals surface area contributed by atoms with E-state index in [4.69, 9.17) is 11.6 Å². The van der Waals surface area contributed by atoms with Crippen molar-refractivity contribution in [3.05, 3.63) is 83.6 Å². The first kappa shape index (κ1) is 20.0. The van der Waals surface area contributed by atoms with Crippen LogP contribution in [0, 0.1) is 0 Å². The van der Waals surface area contributed by atoms with Gasteiger partial charge in [-0.15, -0.1) is 0 Å². The number of aromatic nitrogens is 1. The Morgan fingerprint density at radius 2 is 1.75 bits per heavy atom. The molecule has 0 saturated heterocycles. The molecular formula is C19H15ClF2N2O3S. The average molecular weight is 425 g/mol. The van der Waals surface area contributed by atoms with E-state index in [9.17, 15) is 17.2 Å². The molecule has 0 saturated carbocycles. The third-order valence-corrected chi connectivity index (χ3v) is 5.86. The van der Waals surface area contributed by atoms with E-state index in [1.54, 1.807) is 30.5 Å². The normalized spacial score (nSPS) is 11.4. The average Bonchev–Trinajstić information content (AvgIpc) is 2.67. The molecule has 0 N–H and O–H groups in total. The number of benzene rings is 2. The van der Waals surface area contributed by atoms with Gasteiger partial charge >= 0.3 is 6.61 Å². The highest BCUT2D eigenvalue weighted by atomic mass is 35.5. The molecule has 0 unspecified atom stereocenters. The lowest BCUT2D eigenvalue weighted by atomic mass is 10.2. The standard InChI is InChI=1S/C19H15ClF2N2O3S/c20-15-7-9-16(10-8-15)24(13-14-4-3-11-23-12-14)28(25,26)18-6-2-1-5-17(18)27-19(21)22/h1-12,19H,13H2. The highest BCUT2D eigenvalue weighted by Crippen LogP contribution is 2.32. The molecular weight excluding hydrogens is 410 g/mol. The van der Waals surface area contributed by atoms with Crippen molar-refractivity contribution in [1.29, 1.82) is 0 Å². The van der Waals surface area contributed by atoms with Crippen molar-refractivity contribution in [3.63, 3.8) is 0 Å². The van der Waals surface area contributed by atoms with E-state index in [2.05, 4.69) is 9.72 Å². The van der Waals surface area contributed by atoms with E-state index in [1.165, 1.54) is 42.6 Å². The Bertz CT molecular complexity index is 1030. The van der Waals surface area contributed by atoms with E-state index in [1.807, 2.05) is 0 Å². The van der Waals surface area contributed by atoms with Gasteiger partial charge in [0.05, 0.1) is 12.2 Å². The molecule has 1 heterocycles. The topological polar surface area (TPSA) is 59.5 Å². The minimum Gasteiger partial charge on any atom is -0.433 e. The van der Waals surface area contributed by atoms with E-state index in [0.29, 0.717) is 16.3 Å². The summed E-state index contributed by atoms with van der Waals surface area (Å²) in [6.45, 7) is -3.21. The number of hydrogen-bond donors (Lipinski definition) is 0. The quantitative estimate of drug-likeness (QED) is 0.550. The molecule has 28 heavy (non-hydrogen) atoms. The molecule has 0 bridgehead atoms. The summed E-state index contributed by atoms with van der Waals surface area (Å²) in [7, 11) is -4.24. The van der Waals surface area contributed by atoms with Crippen LogP contribution in [0.25, 0.3) is 0 Å². The highest BCUT2D eigenvalue weighted by Gasteiger charge is 2.29. The van der Waals surface area contributed by atoms with Crippen LogP contribution >= 0.6 is 11.6 Å². The Kier molecular flexibility index (Phi) is 6.11. The minimum atomic E-state index is -4.24. The molecule has 1 aromatic heterocycles. The molecule has 0 radical (unpaired) electrons. The van der Waals surface area contributed by atoms with Gasteiger partial charge in [-0.05, 0) is 48.0 Å². The van der Waals surface area contributed by atoms with E-state index in [0.717, 1.165) is 4.31 Å². The van der Waals surface area contributed by atoms with Gasteiger partial charge in [0.25, 0.3) is 10.0 Å². The fourth-order valence-electron chi connectivity index (χ4n) is 2.56. The molecule has 146 valence electrons. The zero-order chi connectivity index (χ0) is 20.1. The number of sulfonamides is 1. The summed E-state index contributed by atoms with van der Waals surface area (Å²) in [5, 5.41) is 0.434. The van der Waals surface area contributed by atoms with Crippen LogP contribution in [0.2, 0.25) is 5.02 Å². The first-order valence-electron chi connectivity index (χ1n) is 8.09. The SMILES string of the molecule is O=S(=O)(c1ccccc1OC(F)F)N(Cc1cccnc1)c1ccc(Cl)cc1. The number of halogens is 3. The smallest absolute Gasteiger partial charge is 0.387 e. The van der Waals surface area contributed by atoms with Crippen LogP contribution in [0.15, 0.2) is 78.0 Å². The van der Waals surface area contributed by atoms with Crippen molar-refractivity contribution in [3.8, 4) is 5.75 Å². The third-order valence-electron chi connectivity index (χ3n) is 3.80. The van der Waals surface area contributed by atoms with Crippen LogP contribution in [-0.2, 0) is 16.6 Å². The van der Waals surface area contributed by atoms with Gasteiger partial charge in [0.2, 0.25) is 0 Å². The Balaban J connectivity index is 2.10. The number of anilines is 1. The molecule has 5 nitrogen and oxygen atoms in total. The fourth-order valence-corrected chi connectivity index (χ4v) is 4.26. The second kappa shape index (κ2) is 8.53. The minimum absolute atomic E-state index is 0.0547. The maximum Gasteiger partial charge on any atom is 0.387 e. The van der Waals surface area contributed by atoms with Crippen molar-refractivity contribution >= 4 is 27.3 Å². The van der Waals surface area contributed by atoms with Crippen molar-refractivity contribution in [2.24, 2.45) is 0 Å². The summed E-state index contributed by atoms with van der Waals surface area (Å²) in [5.74, 6) is -0.428. The van der Waals surface area contributed by atoms with Crippen molar-refractivity contribution in [2.45, 2.75) is 18.1 Å². The second-order valence-electron chi connectivity index (χ2n) is 5.67. The van der Waals surface area contributed by atoms with E-state index >= 15 is 0 Å². The van der Waals surface area contributed by atoms with Gasteiger partial charge in [-0.3, -0.25) is 9.29 Å². The summed E-state index contributed by atoms with van der Waals surface area (Å²) in [6, 6.07) is 14.8. The Morgan fingerprint density at radius 3 is 2.39 bits per heavy atom. The van der Waals surface area contributed by atoms with Crippen LogP contribution in [0.5, 0.6) is 5.75 Å². The monoisotopic (exact) mass is 424 g/mol. The maximum absolute atomic E-state index is 13.4. The summed E-state index contributed by atoms with van der Waals surface area (Å²) < 4.78 is 57.8. The predicted octanol–water partition coefficient (Wildman–Crippen LogP) is 4.73. The molecule has 0 aliphatic heterocycles. The molecule has 9 heteroatoms. The van der Waals surface area contributed by atoms with Gasteiger partial charge in [0.1, 0.15) is 10.6 Å². The fraction of sp³-hybridized carbons (Fsp3) is 0.105. The van der Waals surface area contributed by atoms with Gasteiger partial charge < -0.3 is 4.74 Å². The van der Waals surface area contributed by atoms with Crippen LogP contribution in [0.3, 0.4) is 0 Å². The molecule has 2 aromatic carbocycles. The molecule has 0 aliphatic carbocycles. The molecule has 3 aromatic rings. The van der Waals surface area contributed by atoms with Gasteiger partial charge in [0.15, 0.2) is 0 Å². The zero-order valence-electron chi connectivity index (χ0n) is 14.4. The number of rotatable bonds is 7. The van der Waals surface area contributed by atoms with Gasteiger partial charge in [-0.25, -0.2) is 8.42 Å². The van der Waals surface area contributed by atoms with Gasteiger partial charge in [-0.2, -0.15) is 8.78 Å². The van der Waals surface area contributed by atoms with Crippen molar-refractivity contribution in [1.82, 2.24) is 4.98 Å². The highest BCUT2D eigenvalue weighted by molar-refractivity contribution is 7.92. The molecule has 0 amide bonds. The Morgan fingerprint density at radius 1 is 1.04 bits per heavy atom. The number of alkyl halides is 2. The molecule has 0 spiro atoms. The van der Waals surface area contributed by atoms with Crippen LogP contribution < -0.4 is 9.04 Å². The predicted molar refractivity (Wildman–Crippen MR) is 102 cm³/mol. The lowest BCUT2D eigenvalue weighted by molar-refractivity contribution is -0.0517. The van der Waals surface area contributed by atoms with Crippen LogP contribution in [0.1, 0.15) is 5.56 Å². The lowest BCUT2D eigenvalue weighted by Gasteiger charge is -2.25. The largest absolute Gasteiger partial charge is 0.433 e. The zero-order valence-corrected chi connectivity index (χ0v) is 15.9. The summed E-state index contributed by atoms with van der Waals surface area (Å²) in [5.41, 5.74) is 0.938. The van der Waals surface area contributed by atoms with Crippen LogP contribution in [0.4, 0.5) is 14.5 Å². The summed E-state index contributed by atoms with van der Waals surface area (Å²) in [4.78, 5) is 3.62. The number of hydrogen-bond acceptors (Lipinski definition) is 4. The molecule has 3 rings (SSSR count). The van der Waals surface area contributed by atoms with Crippen molar-refractivity contribution in [2.75, 3.05) is 4.31 Å². The van der Waals surface area contributed by atoms with Crippen LogP contribution in [-0.4, -0.2) is 20.0 Å². The van der Waals surface area contributed by atoms with Crippen molar-refractivity contribution < 1.29 is 21.9 Å². The maximum atomic E-state index is 13.4. The molecule has 0 fully saturated rings. The second-order valence-corrected chi connectivity index (χ2v) is 7.94. The number of pyridine rings is 1. The first-order valence-corrected chi connectivity index (χ1v) is 9.91. The number of ether oxygens (including phenoxy) is 1. The number of para-hydroxylation sites is 1.